The molecule has 3 nitrogen and oxygen atoms in total. The van der Waals surface area contributed by atoms with Crippen LogP contribution in [-0.4, -0.2) is 50.6 Å². The van der Waals surface area contributed by atoms with Gasteiger partial charge in [-0.05, 0) is 57.1 Å². The summed E-state index contributed by atoms with van der Waals surface area (Å²) in [7, 11) is 6.50. The lowest BCUT2D eigenvalue weighted by Gasteiger charge is -2.41. The van der Waals surface area contributed by atoms with Crippen LogP contribution < -0.4 is 0 Å². The molecule has 2 heterocycles. The van der Waals surface area contributed by atoms with Gasteiger partial charge >= 0.3 is 0 Å². The largest absolute Gasteiger partial charge is 0.354 e. The van der Waals surface area contributed by atoms with E-state index < -0.39 is 0 Å². The molecule has 0 aliphatic carbocycles. The van der Waals surface area contributed by atoms with Crippen molar-refractivity contribution in [3.8, 4) is 0 Å². The Kier molecular flexibility index (Phi) is 4.64. The summed E-state index contributed by atoms with van der Waals surface area (Å²) >= 11 is 0. The highest BCUT2D eigenvalue weighted by Crippen LogP contribution is 2.55. The van der Waals surface area contributed by atoms with Crippen molar-refractivity contribution in [1.29, 1.82) is 0 Å². The zero-order valence-corrected chi connectivity index (χ0v) is 16.2. The van der Waals surface area contributed by atoms with Crippen molar-refractivity contribution in [1.82, 2.24) is 9.80 Å². The van der Waals surface area contributed by atoms with Gasteiger partial charge in [0.05, 0.1) is 5.60 Å². The van der Waals surface area contributed by atoms with Gasteiger partial charge in [-0.3, -0.25) is 0 Å². The van der Waals surface area contributed by atoms with Crippen LogP contribution in [0.5, 0.6) is 0 Å². The van der Waals surface area contributed by atoms with Crippen molar-refractivity contribution >= 4 is 0 Å². The minimum atomic E-state index is -0.349. The molecule has 26 heavy (non-hydrogen) atoms. The Balaban J connectivity index is 1.84. The van der Waals surface area contributed by atoms with Gasteiger partial charge in [-0.2, -0.15) is 0 Å². The number of rotatable bonds is 4. The number of likely N-dealkylation sites (tertiary alicyclic amines) is 1. The molecule has 0 aromatic heterocycles. The van der Waals surface area contributed by atoms with Crippen LogP contribution in [0.15, 0.2) is 54.6 Å². The summed E-state index contributed by atoms with van der Waals surface area (Å²) in [5.41, 5.74) is 3.57. The second-order valence-corrected chi connectivity index (χ2v) is 8.19. The number of benzene rings is 2. The van der Waals surface area contributed by atoms with Gasteiger partial charge in [0.1, 0.15) is 5.60 Å². The van der Waals surface area contributed by atoms with Crippen LogP contribution in [0.1, 0.15) is 36.0 Å². The number of fused-ring (bicyclic) bond motifs is 2. The molecule has 0 radical (unpaired) electrons. The van der Waals surface area contributed by atoms with Gasteiger partial charge < -0.3 is 14.5 Å². The summed E-state index contributed by atoms with van der Waals surface area (Å²) in [6, 6.07) is 19.8. The van der Waals surface area contributed by atoms with Gasteiger partial charge in [-0.15, -0.1) is 0 Å². The Bertz CT molecular complexity index is 750. The third-order valence-electron chi connectivity index (χ3n) is 6.17. The van der Waals surface area contributed by atoms with E-state index in [2.05, 4.69) is 85.5 Å². The number of ether oxygens (including phenoxy) is 1. The average Bonchev–Trinajstić information content (AvgIpc) is 2.95. The number of piperidine rings is 1. The molecule has 0 saturated carbocycles. The lowest BCUT2D eigenvalue weighted by molar-refractivity contribution is -0.150. The van der Waals surface area contributed by atoms with Gasteiger partial charge in [0.15, 0.2) is 0 Å². The van der Waals surface area contributed by atoms with E-state index in [1.54, 1.807) is 0 Å². The predicted octanol–water partition coefficient (Wildman–Crippen LogP) is 3.83. The zero-order valence-electron chi connectivity index (χ0n) is 16.2. The van der Waals surface area contributed by atoms with Gasteiger partial charge in [-0.1, -0.05) is 54.6 Å². The number of hydrogen-bond acceptors (Lipinski definition) is 3. The van der Waals surface area contributed by atoms with E-state index in [0.717, 1.165) is 38.9 Å². The molecular weight excluding hydrogens is 320 g/mol. The summed E-state index contributed by atoms with van der Waals surface area (Å²) in [5.74, 6) is 0. The van der Waals surface area contributed by atoms with Crippen molar-refractivity contribution in [2.75, 3.05) is 40.8 Å². The SMILES string of the molecule is CN(C)CCC1(c2ccccc2)OC2(CCN(C)CC2)c2ccccc21. The van der Waals surface area contributed by atoms with E-state index in [-0.39, 0.29) is 11.2 Å². The highest BCUT2D eigenvalue weighted by Gasteiger charge is 2.54. The Morgan fingerprint density at radius 1 is 0.923 bits per heavy atom. The Morgan fingerprint density at radius 3 is 2.19 bits per heavy atom. The smallest absolute Gasteiger partial charge is 0.121 e. The number of nitrogens with zero attached hydrogens (tertiary/aromatic N) is 2. The highest BCUT2D eigenvalue weighted by atomic mass is 16.5. The molecule has 0 amide bonds. The zero-order chi connectivity index (χ0) is 18.2. The maximum atomic E-state index is 7.18. The second-order valence-electron chi connectivity index (χ2n) is 8.19. The van der Waals surface area contributed by atoms with Gasteiger partial charge in [0.2, 0.25) is 0 Å². The molecule has 1 unspecified atom stereocenters. The van der Waals surface area contributed by atoms with E-state index in [4.69, 9.17) is 4.74 Å². The van der Waals surface area contributed by atoms with Crippen LogP contribution in [0.25, 0.3) is 0 Å². The Labute approximate surface area is 157 Å². The van der Waals surface area contributed by atoms with Gasteiger partial charge in [0, 0.05) is 19.6 Å². The third kappa shape index (κ3) is 2.88. The molecule has 0 N–H and O–H groups in total. The van der Waals surface area contributed by atoms with Gasteiger partial charge in [-0.25, -0.2) is 0 Å². The topological polar surface area (TPSA) is 15.7 Å². The fraction of sp³-hybridized carbons (Fsp3) is 0.478. The maximum Gasteiger partial charge on any atom is 0.121 e. The first-order chi connectivity index (χ1) is 12.6. The maximum absolute atomic E-state index is 7.18. The molecule has 2 aromatic carbocycles. The standard InChI is InChI=1S/C23H30N2O/c1-24(2)16-15-23(19-9-5-4-6-10-19)21-12-8-7-11-20(21)22(26-23)13-17-25(3)18-14-22/h4-12H,13-18H2,1-3H3. The summed E-state index contributed by atoms with van der Waals surface area (Å²) in [5, 5.41) is 0. The first-order valence-corrected chi connectivity index (χ1v) is 9.75. The second kappa shape index (κ2) is 6.80. The van der Waals surface area contributed by atoms with E-state index in [0.29, 0.717) is 0 Å². The predicted molar refractivity (Wildman–Crippen MR) is 106 cm³/mol. The van der Waals surface area contributed by atoms with Crippen LogP contribution in [0, 0.1) is 0 Å². The molecule has 2 aliphatic rings. The van der Waals surface area contributed by atoms with Crippen LogP contribution >= 0.6 is 0 Å². The number of hydrogen-bond donors (Lipinski definition) is 0. The normalized spacial score (nSPS) is 24.9. The highest BCUT2D eigenvalue weighted by molar-refractivity contribution is 5.48. The molecule has 2 aromatic rings. The molecule has 0 bridgehead atoms. The first-order valence-electron chi connectivity index (χ1n) is 9.75. The van der Waals surface area contributed by atoms with E-state index in [1.165, 1.54) is 16.7 Å². The molecule has 1 fully saturated rings. The third-order valence-corrected chi connectivity index (χ3v) is 6.17. The molecule has 4 rings (SSSR count). The van der Waals surface area contributed by atoms with Gasteiger partial charge in [0.25, 0.3) is 0 Å². The fourth-order valence-corrected chi connectivity index (χ4v) is 4.66. The van der Waals surface area contributed by atoms with E-state index >= 15 is 0 Å². The summed E-state index contributed by atoms with van der Waals surface area (Å²) < 4.78 is 7.18. The van der Waals surface area contributed by atoms with Crippen LogP contribution in [-0.2, 0) is 15.9 Å². The molecule has 3 heteroatoms. The van der Waals surface area contributed by atoms with Crippen LogP contribution in [0.3, 0.4) is 0 Å². The fourth-order valence-electron chi connectivity index (χ4n) is 4.66. The van der Waals surface area contributed by atoms with Crippen molar-refractivity contribution < 1.29 is 4.74 Å². The van der Waals surface area contributed by atoms with Crippen LogP contribution in [0.2, 0.25) is 0 Å². The van der Waals surface area contributed by atoms with Crippen molar-refractivity contribution in [3.63, 3.8) is 0 Å². The minimum Gasteiger partial charge on any atom is -0.354 e. The Hall–Kier alpha value is -1.68. The van der Waals surface area contributed by atoms with E-state index in [9.17, 15) is 0 Å². The van der Waals surface area contributed by atoms with Crippen molar-refractivity contribution in [2.24, 2.45) is 0 Å². The summed E-state index contributed by atoms with van der Waals surface area (Å²) in [6.07, 6.45) is 3.10. The molecule has 1 spiro atoms. The molecule has 1 atom stereocenters. The van der Waals surface area contributed by atoms with Crippen molar-refractivity contribution in [3.05, 3.63) is 71.3 Å². The first kappa shape index (κ1) is 17.7. The lowest BCUT2D eigenvalue weighted by Crippen LogP contribution is -2.43. The summed E-state index contributed by atoms with van der Waals surface area (Å²) in [4.78, 5) is 4.68. The molecular formula is C23H30N2O. The molecule has 1 saturated heterocycles. The van der Waals surface area contributed by atoms with Crippen molar-refractivity contribution in [2.45, 2.75) is 30.5 Å². The minimum absolute atomic E-state index is 0.148. The average molecular weight is 351 g/mol. The quantitative estimate of drug-likeness (QED) is 0.833. The summed E-state index contributed by atoms with van der Waals surface area (Å²) in [6.45, 7) is 3.18. The Morgan fingerprint density at radius 2 is 1.54 bits per heavy atom. The molecule has 138 valence electrons. The lowest BCUT2D eigenvalue weighted by atomic mass is 9.79. The monoisotopic (exact) mass is 350 g/mol. The van der Waals surface area contributed by atoms with E-state index in [1.807, 2.05) is 0 Å². The van der Waals surface area contributed by atoms with Crippen LogP contribution in [0.4, 0.5) is 0 Å². The molecule has 2 aliphatic heterocycles.